The van der Waals surface area contributed by atoms with Crippen LogP contribution < -0.4 is 0 Å². The molecule has 2 heterocycles. The molecule has 0 unspecified atom stereocenters. The van der Waals surface area contributed by atoms with E-state index in [-0.39, 0.29) is 0 Å². The van der Waals surface area contributed by atoms with Crippen LogP contribution >= 0.6 is 0 Å². The molecule has 0 bridgehead atoms. The van der Waals surface area contributed by atoms with Crippen LogP contribution in [0.4, 0.5) is 0 Å². The topological polar surface area (TPSA) is 37.5 Å². The molecule has 3 rings (SSSR count). The summed E-state index contributed by atoms with van der Waals surface area (Å²) in [5, 5.41) is 12.5. The zero-order valence-electron chi connectivity index (χ0n) is 9.53. The first-order valence-electron chi connectivity index (χ1n) is 5.93. The van der Waals surface area contributed by atoms with Crippen molar-refractivity contribution in [3.8, 4) is 0 Å². The summed E-state index contributed by atoms with van der Waals surface area (Å²) >= 11 is 0. The Hall–Kier alpha value is -1.51. The van der Waals surface area contributed by atoms with Gasteiger partial charge < -0.3 is 9.77 Å². The van der Waals surface area contributed by atoms with Crippen LogP contribution in [0.5, 0.6) is 0 Å². The van der Waals surface area contributed by atoms with Gasteiger partial charge in [0.1, 0.15) is 5.71 Å². The molecule has 0 aromatic carbocycles. The number of nitrogens with zero attached hydrogens (tertiary/aromatic N) is 2. The van der Waals surface area contributed by atoms with E-state index in [4.69, 9.17) is 5.21 Å². The standard InChI is InChI=1S/C13H16N2O/c1-9-10-5-2-3-7-12(10)15-8-4-6-11(14-16)13(9)15/h4,8,16H,2-3,5-7H2,1H3/b14-11+. The van der Waals surface area contributed by atoms with Crippen molar-refractivity contribution < 1.29 is 5.21 Å². The Morgan fingerprint density at radius 3 is 2.94 bits per heavy atom. The predicted molar refractivity (Wildman–Crippen MR) is 64.1 cm³/mol. The van der Waals surface area contributed by atoms with Crippen LogP contribution in [0, 0.1) is 6.92 Å². The second-order valence-corrected chi connectivity index (χ2v) is 4.61. The second kappa shape index (κ2) is 3.51. The highest BCUT2D eigenvalue weighted by atomic mass is 16.4. The van der Waals surface area contributed by atoms with Crippen molar-refractivity contribution in [3.05, 3.63) is 28.6 Å². The van der Waals surface area contributed by atoms with Crippen LogP contribution in [0.1, 0.15) is 41.8 Å². The van der Waals surface area contributed by atoms with Crippen molar-refractivity contribution in [3.63, 3.8) is 0 Å². The van der Waals surface area contributed by atoms with Gasteiger partial charge in [0.15, 0.2) is 0 Å². The zero-order valence-corrected chi connectivity index (χ0v) is 9.53. The molecule has 84 valence electrons. The van der Waals surface area contributed by atoms with Crippen LogP contribution in [-0.2, 0) is 12.8 Å². The highest BCUT2D eigenvalue weighted by Gasteiger charge is 2.25. The van der Waals surface area contributed by atoms with Gasteiger partial charge in [0.05, 0.1) is 5.69 Å². The van der Waals surface area contributed by atoms with E-state index in [1.165, 1.54) is 36.1 Å². The molecule has 1 aliphatic heterocycles. The second-order valence-electron chi connectivity index (χ2n) is 4.61. The van der Waals surface area contributed by atoms with Crippen LogP contribution in [0.2, 0.25) is 0 Å². The quantitative estimate of drug-likeness (QED) is 0.525. The third-order valence-electron chi connectivity index (χ3n) is 3.74. The van der Waals surface area contributed by atoms with Gasteiger partial charge in [0, 0.05) is 18.3 Å². The molecular weight excluding hydrogens is 200 g/mol. The van der Waals surface area contributed by atoms with Crippen molar-refractivity contribution in [1.29, 1.82) is 0 Å². The first-order chi connectivity index (χ1) is 7.83. The number of hydrogen-bond acceptors (Lipinski definition) is 2. The Labute approximate surface area is 95.1 Å². The Kier molecular flexibility index (Phi) is 2.13. The first-order valence-corrected chi connectivity index (χ1v) is 5.93. The van der Waals surface area contributed by atoms with E-state index in [0.29, 0.717) is 0 Å². The van der Waals surface area contributed by atoms with Gasteiger partial charge in [-0.15, -0.1) is 0 Å². The number of rotatable bonds is 0. The van der Waals surface area contributed by atoms with Gasteiger partial charge in [-0.2, -0.15) is 0 Å². The number of oxime groups is 1. The maximum absolute atomic E-state index is 9.06. The third-order valence-corrected chi connectivity index (χ3v) is 3.74. The summed E-state index contributed by atoms with van der Waals surface area (Å²) in [6.45, 7) is 2.15. The lowest BCUT2D eigenvalue weighted by molar-refractivity contribution is 0.318. The van der Waals surface area contributed by atoms with E-state index in [1.54, 1.807) is 0 Å². The number of hydrogen-bond donors (Lipinski definition) is 1. The molecule has 3 heteroatoms. The number of aromatic nitrogens is 1. The lowest BCUT2D eigenvalue weighted by Gasteiger charge is -2.16. The van der Waals surface area contributed by atoms with E-state index in [2.05, 4.69) is 28.9 Å². The molecule has 1 N–H and O–H groups in total. The fraction of sp³-hybridized carbons (Fsp3) is 0.462. The molecule has 16 heavy (non-hydrogen) atoms. The van der Waals surface area contributed by atoms with E-state index < -0.39 is 0 Å². The molecule has 0 amide bonds. The van der Waals surface area contributed by atoms with Gasteiger partial charge >= 0.3 is 0 Å². The Morgan fingerprint density at radius 1 is 1.31 bits per heavy atom. The van der Waals surface area contributed by atoms with E-state index in [9.17, 15) is 0 Å². The Morgan fingerprint density at radius 2 is 2.12 bits per heavy atom. The summed E-state index contributed by atoms with van der Waals surface area (Å²) in [5.41, 5.74) is 6.14. The molecule has 2 aliphatic rings. The Balaban J connectivity index is 2.28. The van der Waals surface area contributed by atoms with E-state index >= 15 is 0 Å². The smallest absolute Gasteiger partial charge is 0.108 e. The van der Waals surface area contributed by atoms with Gasteiger partial charge in [-0.1, -0.05) is 11.2 Å². The third kappa shape index (κ3) is 1.17. The van der Waals surface area contributed by atoms with Gasteiger partial charge in [-0.05, 0) is 43.7 Å². The van der Waals surface area contributed by atoms with Crippen molar-refractivity contribution in [1.82, 2.24) is 4.57 Å². The summed E-state index contributed by atoms with van der Waals surface area (Å²) < 4.78 is 2.22. The molecular formula is C13H16N2O. The molecule has 0 radical (unpaired) electrons. The molecule has 1 aliphatic carbocycles. The summed E-state index contributed by atoms with van der Waals surface area (Å²) in [6.07, 6.45) is 9.81. The minimum Gasteiger partial charge on any atom is -0.411 e. The number of fused-ring (bicyclic) bond motifs is 3. The molecule has 3 nitrogen and oxygen atoms in total. The highest BCUT2D eigenvalue weighted by molar-refractivity contribution is 6.03. The molecule has 0 saturated heterocycles. The van der Waals surface area contributed by atoms with Crippen LogP contribution in [0.25, 0.3) is 6.20 Å². The summed E-state index contributed by atoms with van der Waals surface area (Å²) in [6, 6.07) is 0. The van der Waals surface area contributed by atoms with Crippen molar-refractivity contribution in [2.75, 3.05) is 0 Å². The average molecular weight is 216 g/mol. The maximum Gasteiger partial charge on any atom is 0.108 e. The zero-order chi connectivity index (χ0) is 11.1. The van der Waals surface area contributed by atoms with E-state index in [0.717, 1.165) is 24.2 Å². The molecule has 1 aromatic heterocycles. The van der Waals surface area contributed by atoms with Crippen LogP contribution in [0.15, 0.2) is 11.2 Å². The predicted octanol–water partition coefficient (Wildman–Crippen LogP) is 2.73. The van der Waals surface area contributed by atoms with Crippen molar-refractivity contribution >= 4 is 11.9 Å². The van der Waals surface area contributed by atoms with Crippen LogP contribution in [0.3, 0.4) is 0 Å². The first kappa shape index (κ1) is 9.70. The Bertz CT molecular complexity index is 495. The fourth-order valence-corrected chi connectivity index (χ4v) is 2.99. The summed E-state index contributed by atoms with van der Waals surface area (Å²) in [4.78, 5) is 0. The summed E-state index contributed by atoms with van der Waals surface area (Å²) in [5.74, 6) is 0. The lowest BCUT2D eigenvalue weighted by Crippen LogP contribution is -2.13. The van der Waals surface area contributed by atoms with Crippen molar-refractivity contribution in [2.24, 2.45) is 5.16 Å². The van der Waals surface area contributed by atoms with Crippen LogP contribution in [-0.4, -0.2) is 15.5 Å². The highest BCUT2D eigenvalue weighted by Crippen LogP contribution is 2.32. The van der Waals surface area contributed by atoms with Crippen molar-refractivity contribution in [2.45, 2.75) is 39.0 Å². The SMILES string of the molecule is Cc1c2c(n3c1/C(=N/O)CC=C3)CCCC2. The van der Waals surface area contributed by atoms with Gasteiger partial charge in [0.25, 0.3) is 0 Å². The molecule has 0 saturated carbocycles. The van der Waals surface area contributed by atoms with Gasteiger partial charge in [-0.3, -0.25) is 0 Å². The normalized spacial score (nSPS) is 20.9. The van der Waals surface area contributed by atoms with Gasteiger partial charge in [-0.25, -0.2) is 0 Å². The van der Waals surface area contributed by atoms with E-state index in [1.807, 2.05) is 0 Å². The number of allylic oxidation sites excluding steroid dienone is 1. The molecule has 1 aromatic rings. The molecule has 0 atom stereocenters. The minimum atomic E-state index is 0.736. The largest absolute Gasteiger partial charge is 0.411 e. The summed E-state index contributed by atoms with van der Waals surface area (Å²) in [7, 11) is 0. The monoisotopic (exact) mass is 216 g/mol. The minimum absolute atomic E-state index is 0.736. The molecule has 0 spiro atoms. The average Bonchev–Trinajstić information content (AvgIpc) is 2.64. The van der Waals surface area contributed by atoms with Gasteiger partial charge in [0.2, 0.25) is 0 Å². The maximum atomic E-state index is 9.06. The fourth-order valence-electron chi connectivity index (χ4n) is 2.99. The molecule has 0 fully saturated rings. The lowest BCUT2D eigenvalue weighted by atomic mass is 9.94.